The summed E-state index contributed by atoms with van der Waals surface area (Å²) in [7, 11) is 0. The van der Waals surface area contributed by atoms with Gasteiger partial charge < -0.3 is 20.5 Å². The number of carbonyl (C=O) groups is 3. The Balaban J connectivity index is 1.67. The fourth-order valence-corrected chi connectivity index (χ4v) is 5.24. The van der Waals surface area contributed by atoms with Gasteiger partial charge in [-0.3, -0.25) is 14.4 Å². The van der Waals surface area contributed by atoms with Gasteiger partial charge in [-0.2, -0.15) is 0 Å². The number of carbonyl (C=O) groups excluding carboxylic acids is 3. The minimum atomic E-state index is -0.690. The molecule has 45 heavy (non-hydrogen) atoms. The van der Waals surface area contributed by atoms with Crippen LogP contribution in [-0.4, -0.2) is 42.1 Å². The molecule has 0 aliphatic carbocycles. The Morgan fingerprint density at radius 3 is 1.96 bits per heavy atom. The fraction of sp³-hybridized carbons (Fsp3) is 0.342. The third-order valence-electron chi connectivity index (χ3n) is 7.69. The highest BCUT2D eigenvalue weighted by atomic mass is 16.5. The molecule has 3 aromatic rings. The number of allylic oxidation sites excluding steroid dienone is 2. The van der Waals surface area contributed by atoms with E-state index in [1.165, 1.54) is 0 Å². The Labute approximate surface area is 267 Å². The van der Waals surface area contributed by atoms with Crippen LogP contribution in [0.5, 0.6) is 0 Å². The molecule has 3 rings (SSSR count). The van der Waals surface area contributed by atoms with Crippen LogP contribution in [-0.2, 0) is 32.0 Å². The van der Waals surface area contributed by atoms with Crippen molar-refractivity contribution >= 4 is 17.8 Å². The second-order valence-electron chi connectivity index (χ2n) is 11.3. The zero-order valence-electron chi connectivity index (χ0n) is 26.0. The van der Waals surface area contributed by atoms with Gasteiger partial charge in [-0.15, -0.1) is 13.2 Å². The zero-order valence-corrected chi connectivity index (χ0v) is 26.0. The second-order valence-corrected chi connectivity index (χ2v) is 11.3. The lowest BCUT2D eigenvalue weighted by atomic mass is 9.94. The molecule has 7 heteroatoms. The molecular weight excluding hydrogens is 564 g/mol. The molecule has 4 atom stereocenters. The van der Waals surface area contributed by atoms with Crippen LogP contribution in [0.3, 0.4) is 0 Å². The first-order chi connectivity index (χ1) is 21.9. The first-order valence-electron chi connectivity index (χ1n) is 15.6. The Bertz CT molecular complexity index is 1330. The van der Waals surface area contributed by atoms with Gasteiger partial charge >= 0.3 is 5.97 Å². The predicted octanol–water partition coefficient (Wildman–Crippen LogP) is 5.90. The quantitative estimate of drug-likeness (QED) is 0.0839. The summed E-state index contributed by atoms with van der Waals surface area (Å²) < 4.78 is 5.86. The first kappa shape index (κ1) is 35.0. The van der Waals surface area contributed by atoms with E-state index in [1.807, 2.05) is 97.1 Å². The fourth-order valence-electron chi connectivity index (χ4n) is 5.24. The van der Waals surface area contributed by atoms with Crippen molar-refractivity contribution in [1.82, 2.24) is 10.6 Å². The Morgan fingerprint density at radius 2 is 1.38 bits per heavy atom. The molecule has 0 bridgehead atoms. The van der Waals surface area contributed by atoms with Crippen LogP contribution in [0.2, 0.25) is 0 Å². The maximum Gasteiger partial charge on any atom is 0.309 e. The molecule has 0 heterocycles. The SMILES string of the molecule is C=CCCC[C@H](Cc1ccccc1)C(=O)OC[C@@H](NC(=O)[C@H](CC=C)CC(=O)N[C@H](CO)Cc1ccccc1)c1ccccc1. The van der Waals surface area contributed by atoms with Crippen molar-refractivity contribution in [2.24, 2.45) is 11.8 Å². The molecule has 0 saturated heterocycles. The number of nitrogens with one attached hydrogen (secondary N) is 2. The van der Waals surface area contributed by atoms with Gasteiger partial charge in [-0.25, -0.2) is 0 Å². The van der Waals surface area contributed by atoms with Crippen molar-refractivity contribution in [3.8, 4) is 0 Å². The van der Waals surface area contributed by atoms with E-state index in [1.54, 1.807) is 6.08 Å². The van der Waals surface area contributed by atoms with Crippen LogP contribution >= 0.6 is 0 Å². The van der Waals surface area contributed by atoms with E-state index >= 15 is 0 Å². The monoisotopic (exact) mass is 610 g/mol. The molecule has 3 aromatic carbocycles. The maximum absolute atomic E-state index is 13.6. The largest absolute Gasteiger partial charge is 0.463 e. The van der Waals surface area contributed by atoms with E-state index < -0.39 is 18.0 Å². The molecule has 7 nitrogen and oxygen atoms in total. The molecular formula is C38H46N2O5. The zero-order chi connectivity index (χ0) is 32.3. The number of aliphatic hydroxyl groups excluding tert-OH is 1. The lowest BCUT2D eigenvalue weighted by Crippen LogP contribution is -2.42. The van der Waals surface area contributed by atoms with E-state index in [0.717, 1.165) is 29.5 Å². The summed E-state index contributed by atoms with van der Waals surface area (Å²) in [5, 5.41) is 15.7. The summed E-state index contributed by atoms with van der Waals surface area (Å²) in [6.07, 6.45) is 7.00. The topological polar surface area (TPSA) is 105 Å². The molecule has 2 amide bonds. The van der Waals surface area contributed by atoms with Crippen LogP contribution in [0, 0.1) is 11.8 Å². The Kier molecular flexibility index (Phi) is 15.3. The highest BCUT2D eigenvalue weighted by molar-refractivity contribution is 5.86. The summed E-state index contributed by atoms with van der Waals surface area (Å²) in [5.74, 6) is -2.01. The third kappa shape index (κ3) is 12.6. The summed E-state index contributed by atoms with van der Waals surface area (Å²) in [6, 6.07) is 27.7. The van der Waals surface area contributed by atoms with Crippen LogP contribution in [0.1, 0.15) is 54.8 Å². The van der Waals surface area contributed by atoms with Crippen LogP contribution < -0.4 is 10.6 Å². The van der Waals surface area contributed by atoms with E-state index in [4.69, 9.17) is 4.74 Å². The molecule has 3 N–H and O–H groups in total. The minimum absolute atomic E-state index is 0.0436. The lowest BCUT2D eigenvalue weighted by molar-refractivity contribution is -0.150. The van der Waals surface area contributed by atoms with Crippen molar-refractivity contribution < 1.29 is 24.2 Å². The smallest absolute Gasteiger partial charge is 0.309 e. The molecule has 0 aromatic heterocycles. The Morgan fingerprint density at radius 1 is 0.778 bits per heavy atom. The lowest BCUT2D eigenvalue weighted by Gasteiger charge is -2.24. The van der Waals surface area contributed by atoms with Crippen LogP contribution in [0.25, 0.3) is 0 Å². The normalized spacial score (nSPS) is 13.4. The van der Waals surface area contributed by atoms with Gasteiger partial charge in [0.2, 0.25) is 11.8 Å². The van der Waals surface area contributed by atoms with Gasteiger partial charge in [0, 0.05) is 6.42 Å². The molecule has 0 fully saturated rings. The third-order valence-corrected chi connectivity index (χ3v) is 7.69. The molecule has 0 spiro atoms. The molecule has 0 radical (unpaired) electrons. The number of ether oxygens (including phenoxy) is 1. The number of unbranched alkanes of at least 4 members (excludes halogenated alkanes) is 1. The number of hydrogen-bond acceptors (Lipinski definition) is 5. The summed E-state index contributed by atoms with van der Waals surface area (Å²) >= 11 is 0. The molecule has 0 unspecified atom stereocenters. The van der Waals surface area contributed by atoms with Gasteiger partial charge in [-0.1, -0.05) is 103 Å². The summed E-state index contributed by atoms with van der Waals surface area (Å²) in [6.45, 7) is 7.30. The van der Waals surface area contributed by atoms with Gasteiger partial charge in [0.05, 0.1) is 30.5 Å². The van der Waals surface area contributed by atoms with E-state index in [9.17, 15) is 19.5 Å². The predicted molar refractivity (Wildman–Crippen MR) is 178 cm³/mol. The number of benzene rings is 3. The summed E-state index contributed by atoms with van der Waals surface area (Å²) in [5.41, 5.74) is 2.84. The average molecular weight is 611 g/mol. The number of hydrogen-bond donors (Lipinski definition) is 3. The number of aliphatic hydroxyl groups is 1. The van der Waals surface area contributed by atoms with E-state index in [-0.39, 0.29) is 49.8 Å². The highest BCUT2D eigenvalue weighted by Gasteiger charge is 2.27. The number of rotatable bonds is 20. The van der Waals surface area contributed by atoms with Crippen LogP contribution in [0.15, 0.2) is 116 Å². The standard InChI is InChI=1S/C38H46N2O5/c1-3-5-9-23-33(24-29-17-10-6-11-18-29)38(44)45-28-35(31-21-14-8-15-22-31)40-37(43)32(16-4-2)26-36(42)39-34(27-41)25-30-19-12-7-13-20-30/h3-4,6-8,10-15,17-22,32-35,41H,1-2,5,9,16,23-28H2,(H,39,42)(H,40,43)/t32-,33-,34+,35-/m1/s1. The minimum Gasteiger partial charge on any atom is -0.463 e. The second kappa shape index (κ2) is 19.7. The number of amides is 2. The van der Waals surface area contributed by atoms with Crippen molar-refractivity contribution in [2.45, 2.75) is 57.0 Å². The molecule has 0 aliphatic heterocycles. The number of esters is 1. The maximum atomic E-state index is 13.6. The van der Waals surface area contributed by atoms with Gasteiger partial charge in [0.15, 0.2) is 0 Å². The van der Waals surface area contributed by atoms with Crippen molar-refractivity contribution in [3.63, 3.8) is 0 Å². The van der Waals surface area contributed by atoms with Gasteiger partial charge in [0.1, 0.15) is 6.61 Å². The highest BCUT2D eigenvalue weighted by Crippen LogP contribution is 2.21. The van der Waals surface area contributed by atoms with E-state index in [2.05, 4.69) is 23.8 Å². The molecule has 238 valence electrons. The molecule has 0 saturated carbocycles. The van der Waals surface area contributed by atoms with Crippen molar-refractivity contribution in [1.29, 1.82) is 0 Å². The van der Waals surface area contributed by atoms with Crippen LogP contribution in [0.4, 0.5) is 0 Å². The summed E-state index contributed by atoms with van der Waals surface area (Å²) in [4.78, 5) is 39.9. The average Bonchev–Trinajstić information content (AvgIpc) is 3.06. The molecule has 0 aliphatic rings. The van der Waals surface area contributed by atoms with E-state index in [0.29, 0.717) is 19.3 Å². The van der Waals surface area contributed by atoms with Crippen molar-refractivity contribution in [3.05, 3.63) is 133 Å². The van der Waals surface area contributed by atoms with Gasteiger partial charge in [0.25, 0.3) is 0 Å². The van der Waals surface area contributed by atoms with Gasteiger partial charge in [-0.05, 0) is 55.2 Å². The Hall–Kier alpha value is -4.49. The first-order valence-corrected chi connectivity index (χ1v) is 15.6. The van der Waals surface area contributed by atoms with Crippen molar-refractivity contribution in [2.75, 3.05) is 13.2 Å².